The van der Waals surface area contributed by atoms with Gasteiger partial charge < -0.3 is 4.42 Å². The molecule has 0 bridgehead atoms. The first-order valence-electron chi connectivity index (χ1n) is 11.7. The second kappa shape index (κ2) is 6.41. The SMILES string of the molecule is [2H]C([2H])([2H])c1ccc2c(n1)oc1c(-c3cc(C([2H])(C)C)cc[n+]3C)c(C)c3ccccc3c12. The normalized spacial score (nSPS) is 14.8. The monoisotopic (exact) mass is 385 g/mol. The number of aryl methyl sites for hydroxylation is 3. The van der Waals surface area contributed by atoms with Crippen LogP contribution in [0.25, 0.3) is 44.1 Å². The summed E-state index contributed by atoms with van der Waals surface area (Å²) in [5.74, 6) is -0.753. The van der Waals surface area contributed by atoms with Crippen LogP contribution in [0.2, 0.25) is 0 Å². The number of hydrogen-bond donors (Lipinski definition) is 0. The van der Waals surface area contributed by atoms with Gasteiger partial charge in [-0.05, 0) is 53.7 Å². The molecule has 5 rings (SSSR count). The van der Waals surface area contributed by atoms with E-state index in [9.17, 15) is 0 Å². The molecule has 0 saturated carbocycles. The van der Waals surface area contributed by atoms with Crippen molar-refractivity contribution in [3.63, 3.8) is 0 Å². The molecule has 3 heteroatoms. The van der Waals surface area contributed by atoms with Gasteiger partial charge in [0.05, 0.1) is 5.56 Å². The van der Waals surface area contributed by atoms with Crippen LogP contribution in [-0.2, 0) is 7.05 Å². The number of furan rings is 1. The van der Waals surface area contributed by atoms with Crippen LogP contribution in [0.5, 0.6) is 0 Å². The zero-order valence-corrected chi connectivity index (χ0v) is 17.0. The van der Waals surface area contributed by atoms with E-state index in [1.807, 2.05) is 55.9 Å². The number of pyridine rings is 2. The number of benzene rings is 2. The quantitative estimate of drug-likeness (QED) is 0.331. The Morgan fingerprint density at radius 3 is 2.62 bits per heavy atom. The van der Waals surface area contributed by atoms with E-state index in [1.165, 1.54) is 0 Å². The van der Waals surface area contributed by atoms with Crippen molar-refractivity contribution in [2.75, 3.05) is 0 Å². The molecule has 0 unspecified atom stereocenters. The molecule has 3 aromatic heterocycles. The molecule has 0 aliphatic heterocycles. The van der Waals surface area contributed by atoms with Crippen molar-refractivity contribution in [3.05, 3.63) is 71.5 Å². The van der Waals surface area contributed by atoms with E-state index >= 15 is 0 Å². The largest absolute Gasteiger partial charge is 0.437 e. The van der Waals surface area contributed by atoms with Gasteiger partial charge in [-0.1, -0.05) is 38.1 Å². The molecular weight excluding hydrogens is 356 g/mol. The zero-order valence-electron chi connectivity index (χ0n) is 21.0. The summed E-state index contributed by atoms with van der Waals surface area (Å²) in [6.07, 6.45) is 1.97. The highest BCUT2D eigenvalue weighted by atomic mass is 16.3. The number of nitrogens with zero attached hydrogens (tertiary/aromatic N) is 2. The lowest BCUT2D eigenvalue weighted by atomic mass is 9.92. The second-order valence-corrected chi connectivity index (χ2v) is 7.81. The van der Waals surface area contributed by atoms with E-state index in [-0.39, 0.29) is 5.69 Å². The molecule has 3 heterocycles. The Morgan fingerprint density at radius 2 is 1.86 bits per heavy atom. The molecule has 144 valence electrons. The molecule has 0 N–H and O–H groups in total. The first kappa shape index (κ1) is 13.9. The number of fused-ring (bicyclic) bond motifs is 5. The number of aromatic nitrogens is 2. The average Bonchev–Trinajstić information content (AvgIpc) is 3.12. The molecule has 0 fully saturated rings. The van der Waals surface area contributed by atoms with E-state index in [4.69, 9.17) is 9.90 Å². The Balaban J connectivity index is 1.96. The molecule has 29 heavy (non-hydrogen) atoms. The summed E-state index contributed by atoms with van der Waals surface area (Å²) in [6, 6.07) is 15.5. The summed E-state index contributed by atoms with van der Waals surface area (Å²) in [6.45, 7) is 3.51. The van der Waals surface area contributed by atoms with Gasteiger partial charge >= 0.3 is 0 Å². The van der Waals surface area contributed by atoms with Gasteiger partial charge in [0.1, 0.15) is 7.05 Å². The molecule has 0 aliphatic carbocycles. The molecule has 3 nitrogen and oxygen atoms in total. The number of hydrogen-bond acceptors (Lipinski definition) is 2. The third-order valence-electron chi connectivity index (χ3n) is 5.74. The van der Waals surface area contributed by atoms with Crippen LogP contribution in [0.15, 0.2) is 59.1 Å². The number of rotatable bonds is 2. The lowest BCUT2D eigenvalue weighted by Gasteiger charge is -2.12. The summed E-state index contributed by atoms with van der Waals surface area (Å²) >= 11 is 0. The van der Waals surface area contributed by atoms with Crippen molar-refractivity contribution in [1.29, 1.82) is 0 Å². The molecule has 0 saturated heterocycles. The highest BCUT2D eigenvalue weighted by Crippen LogP contribution is 2.42. The van der Waals surface area contributed by atoms with Gasteiger partial charge in [0.15, 0.2) is 11.8 Å². The predicted octanol–water partition coefficient (Wildman–Crippen LogP) is 6.37. The van der Waals surface area contributed by atoms with Gasteiger partial charge in [-0.3, -0.25) is 0 Å². The molecule has 2 aromatic carbocycles. The minimum Gasteiger partial charge on any atom is -0.437 e. The van der Waals surface area contributed by atoms with Gasteiger partial charge in [0.25, 0.3) is 0 Å². The van der Waals surface area contributed by atoms with Crippen LogP contribution in [0.3, 0.4) is 0 Å². The highest BCUT2D eigenvalue weighted by molar-refractivity contribution is 6.22. The fourth-order valence-corrected chi connectivity index (χ4v) is 4.19. The van der Waals surface area contributed by atoms with E-state index in [0.717, 1.165) is 43.9 Å². The lowest BCUT2D eigenvalue weighted by molar-refractivity contribution is -0.660. The van der Waals surface area contributed by atoms with E-state index in [0.29, 0.717) is 11.3 Å². The summed E-state index contributed by atoms with van der Waals surface area (Å²) in [4.78, 5) is 4.37. The Morgan fingerprint density at radius 1 is 1.07 bits per heavy atom. The van der Waals surface area contributed by atoms with Crippen molar-refractivity contribution >= 4 is 32.8 Å². The van der Waals surface area contributed by atoms with Crippen molar-refractivity contribution < 1.29 is 14.5 Å². The summed E-state index contributed by atoms with van der Waals surface area (Å²) < 4.78 is 40.1. The van der Waals surface area contributed by atoms with Crippen LogP contribution < -0.4 is 4.57 Å². The van der Waals surface area contributed by atoms with Crippen molar-refractivity contribution in [2.45, 2.75) is 33.5 Å². The van der Waals surface area contributed by atoms with Crippen molar-refractivity contribution in [1.82, 2.24) is 4.98 Å². The van der Waals surface area contributed by atoms with Gasteiger partial charge in [-0.15, -0.1) is 0 Å². The predicted molar refractivity (Wildman–Crippen MR) is 119 cm³/mol. The molecule has 0 atom stereocenters. The van der Waals surface area contributed by atoms with Gasteiger partial charge in [0.2, 0.25) is 11.4 Å². The molecule has 5 aromatic rings. The highest BCUT2D eigenvalue weighted by Gasteiger charge is 2.24. The average molecular weight is 386 g/mol. The molecule has 0 amide bonds. The third-order valence-corrected chi connectivity index (χ3v) is 5.74. The Bertz CT molecular complexity index is 1560. The van der Waals surface area contributed by atoms with Crippen LogP contribution in [0, 0.1) is 13.8 Å². The fraction of sp³-hybridized carbons (Fsp3) is 0.231. The smallest absolute Gasteiger partial charge is 0.227 e. The van der Waals surface area contributed by atoms with Crippen molar-refractivity contribution in [3.8, 4) is 11.3 Å². The van der Waals surface area contributed by atoms with E-state index in [2.05, 4.69) is 24.0 Å². The minimum absolute atomic E-state index is 0.0140. The fourth-order valence-electron chi connectivity index (χ4n) is 4.19. The standard InChI is InChI=1S/C26H25N2O/c1-15(2)18-12-13-28(5)22(14-18)23-17(4)19-8-6-7-9-20(19)24-21-11-10-16(3)27-26(21)29-25(23)24/h6-15H,1-5H3/q+1/i3D3,15D. The van der Waals surface area contributed by atoms with E-state index in [1.54, 1.807) is 12.1 Å². The minimum atomic E-state index is -2.31. The van der Waals surface area contributed by atoms with Crippen LogP contribution in [0.1, 0.15) is 42.0 Å². The first-order valence-corrected chi connectivity index (χ1v) is 9.72. The van der Waals surface area contributed by atoms with Crippen LogP contribution in [-0.4, -0.2) is 4.98 Å². The third kappa shape index (κ3) is 2.65. The summed E-state index contributed by atoms with van der Waals surface area (Å²) in [5, 5.41) is 3.84. The maximum absolute atomic E-state index is 8.52. The molecular formula is C26H25N2O+. The van der Waals surface area contributed by atoms with E-state index < -0.39 is 12.7 Å². The lowest BCUT2D eigenvalue weighted by Crippen LogP contribution is -2.31. The summed E-state index contributed by atoms with van der Waals surface area (Å²) in [5.41, 5.74) is 4.81. The second-order valence-electron chi connectivity index (χ2n) is 7.81. The molecule has 0 radical (unpaired) electrons. The Hall–Kier alpha value is -3.20. The topological polar surface area (TPSA) is 29.9 Å². The van der Waals surface area contributed by atoms with Gasteiger partial charge in [-0.25, -0.2) is 9.55 Å². The first-order chi connectivity index (χ1) is 15.5. The van der Waals surface area contributed by atoms with Crippen molar-refractivity contribution in [2.24, 2.45) is 7.05 Å². The maximum atomic E-state index is 8.52. The molecule has 0 aliphatic rings. The summed E-state index contributed by atoms with van der Waals surface area (Å²) in [7, 11) is 1.98. The van der Waals surface area contributed by atoms with Crippen LogP contribution in [0.4, 0.5) is 0 Å². The Labute approximate surface area is 176 Å². The van der Waals surface area contributed by atoms with Gasteiger partial charge in [-0.2, -0.15) is 0 Å². The van der Waals surface area contributed by atoms with Crippen LogP contribution >= 0.6 is 0 Å². The molecule has 0 spiro atoms. The maximum Gasteiger partial charge on any atom is 0.227 e. The van der Waals surface area contributed by atoms with Gasteiger partial charge in [0, 0.05) is 34.1 Å². The Kier molecular flexibility index (Phi) is 3.07. The zero-order chi connectivity index (χ0) is 23.7.